The fourth-order valence-corrected chi connectivity index (χ4v) is 3.76. The molecule has 4 aromatic rings. The van der Waals surface area contributed by atoms with Crippen LogP contribution in [0.5, 0.6) is 5.75 Å². The van der Waals surface area contributed by atoms with Crippen LogP contribution in [0.25, 0.3) is 33.9 Å². The predicted octanol–water partition coefficient (Wildman–Crippen LogP) is 4.29. The fraction of sp³-hybridized carbons (Fsp3) is 0.0833. The first kappa shape index (κ1) is 19.7. The van der Waals surface area contributed by atoms with Crippen LogP contribution >= 0.6 is 0 Å². The topological polar surface area (TPSA) is 147 Å². The molecule has 0 saturated carbocycles. The lowest BCUT2D eigenvalue weighted by Gasteiger charge is -2.11. The Hall–Kier alpha value is -5.20. The van der Waals surface area contributed by atoms with Gasteiger partial charge in [-0.25, -0.2) is 9.97 Å². The van der Waals surface area contributed by atoms with Crippen LogP contribution in [0.1, 0.15) is 18.1 Å². The van der Waals surface area contributed by atoms with Crippen molar-refractivity contribution < 1.29 is 4.74 Å². The summed E-state index contributed by atoms with van der Waals surface area (Å²) in [5.74, 6) is 1.26. The number of aromatic amines is 1. The van der Waals surface area contributed by atoms with Crippen molar-refractivity contribution in [3.63, 3.8) is 0 Å². The average molecular weight is 430 g/mol. The van der Waals surface area contributed by atoms with E-state index in [1.165, 1.54) is 12.1 Å². The van der Waals surface area contributed by atoms with Gasteiger partial charge in [-0.3, -0.25) is 4.98 Å². The molecule has 0 bridgehead atoms. The second-order valence-electron chi connectivity index (χ2n) is 7.26. The van der Waals surface area contributed by atoms with E-state index in [1.54, 1.807) is 25.5 Å². The van der Waals surface area contributed by atoms with Gasteiger partial charge in [-0.05, 0) is 37.3 Å². The molecule has 4 heterocycles. The van der Waals surface area contributed by atoms with Crippen molar-refractivity contribution >= 4 is 11.5 Å². The number of H-pyrrole nitrogens is 1. The zero-order valence-corrected chi connectivity index (χ0v) is 17.3. The van der Waals surface area contributed by atoms with Gasteiger partial charge in [0.15, 0.2) is 6.10 Å². The number of rotatable bonds is 3. The first-order valence-corrected chi connectivity index (χ1v) is 9.94. The van der Waals surface area contributed by atoms with Crippen LogP contribution in [-0.4, -0.2) is 26.0 Å². The van der Waals surface area contributed by atoms with Gasteiger partial charge in [-0.1, -0.05) is 0 Å². The first-order valence-electron chi connectivity index (χ1n) is 9.94. The molecule has 0 fully saturated rings. The summed E-state index contributed by atoms with van der Waals surface area (Å²) in [5, 5.41) is 32.0. The Morgan fingerprint density at radius 3 is 2.55 bits per heavy atom. The quantitative estimate of drug-likeness (QED) is 0.431. The molecule has 5 rings (SSSR count). The molecule has 0 saturated heterocycles. The minimum Gasteiger partial charge on any atom is -0.476 e. The molecule has 1 unspecified atom stereocenters. The van der Waals surface area contributed by atoms with E-state index >= 15 is 0 Å². The molecule has 0 amide bonds. The number of hydrogen-bond donors (Lipinski definition) is 2. The molecule has 3 aromatic heterocycles. The molecule has 1 atom stereocenters. The van der Waals surface area contributed by atoms with Crippen LogP contribution in [-0.2, 0) is 0 Å². The van der Waals surface area contributed by atoms with Gasteiger partial charge in [-0.15, -0.1) is 0 Å². The fourth-order valence-electron chi connectivity index (χ4n) is 3.76. The Bertz CT molecular complexity index is 1440. The summed E-state index contributed by atoms with van der Waals surface area (Å²) in [6.45, 7) is 1.58. The minimum absolute atomic E-state index is 0.206. The Balaban J connectivity index is 1.75. The van der Waals surface area contributed by atoms with E-state index in [0.29, 0.717) is 28.6 Å². The lowest BCUT2D eigenvalue weighted by atomic mass is 10.0. The normalized spacial score (nSPS) is 11.8. The highest BCUT2D eigenvalue weighted by atomic mass is 16.5. The standard InChI is InChI=1S/C24H14N8O/c1-13(9-25)33-16-7-14(10-26)20(15(8-16)11-27)24-31-21-17-4-6-28-12-19(17)30-23-18(22(21)32-24)3-2-5-29-23/h2-8,12-13H,1H3,(H,29,30)(H,31,32). The highest BCUT2D eigenvalue weighted by molar-refractivity contribution is 5.95. The third kappa shape index (κ3) is 3.29. The van der Waals surface area contributed by atoms with Crippen LogP contribution in [0.15, 0.2) is 48.9 Å². The molecular weight excluding hydrogens is 416 g/mol. The van der Waals surface area contributed by atoms with Gasteiger partial charge in [0, 0.05) is 23.5 Å². The number of ether oxygens (including phenoxy) is 1. The number of fused-ring (bicyclic) bond motifs is 5. The summed E-state index contributed by atoms with van der Waals surface area (Å²) in [6, 6.07) is 14.8. The smallest absolute Gasteiger partial charge is 0.181 e. The molecule has 33 heavy (non-hydrogen) atoms. The van der Waals surface area contributed by atoms with Gasteiger partial charge in [0.05, 0.1) is 34.3 Å². The second kappa shape index (κ2) is 7.81. The van der Waals surface area contributed by atoms with Gasteiger partial charge in [0.1, 0.15) is 41.3 Å². The maximum absolute atomic E-state index is 9.83. The maximum atomic E-state index is 9.83. The van der Waals surface area contributed by atoms with E-state index < -0.39 is 6.10 Å². The number of nitrogens with one attached hydrogen (secondary N) is 2. The number of nitriles is 3. The van der Waals surface area contributed by atoms with Gasteiger partial charge in [-0.2, -0.15) is 15.8 Å². The summed E-state index contributed by atoms with van der Waals surface area (Å²) >= 11 is 0. The molecule has 2 N–H and O–H groups in total. The first-order chi connectivity index (χ1) is 16.1. The maximum Gasteiger partial charge on any atom is 0.181 e. The van der Waals surface area contributed by atoms with E-state index in [1.807, 2.05) is 24.3 Å². The second-order valence-corrected chi connectivity index (χ2v) is 7.26. The van der Waals surface area contributed by atoms with E-state index in [0.717, 1.165) is 16.8 Å². The Kier molecular flexibility index (Phi) is 4.67. The molecule has 9 heteroatoms. The lowest BCUT2D eigenvalue weighted by Crippen LogP contribution is -2.08. The number of pyridine rings is 2. The molecule has 0 spiro atoms. The highest BCUT2D eigenvalue weighted by Crippen LogP contribution is 2.43. The summed E-state index contributed by atoms with van der Waals surface area (Å²) in [4.78, 5) is 16.7. The zero-order chi connectivity index (χ0) is 22.9. The number of imidazole rings is 1. The van der Waals surface area contributed by atoms with Crippen molar-refractivity contribution in [2.24, 2.45) is 0 Å². The van der Waals surface area contributed by atoms with Gasteiger partial charge >= 0.3 is 0 Å². The molecule has 156 valence electrons. The van der Waals surface area contributed by atoms with Crippen molar-refractivity contribution in [3.05, 3.63) is 60.0 Å². The number of hydrogen-bond acceptors (Lipinski definition) is 8. The minimum atomic E-state index is -0.727. The van der Waals surface area contributed by atoms with Gasteiger partial charge in [0.2, 0.25) is 0 Å². The predicted molar refractivity (Wildman–Crippen MR) is 119 cm³/mol. The lowest BCUT2D eigenvalue weighted by molar-refractivity contribution is 0.276. The van der Waals surface area contributed by atoms with Crippen molar-refractivity contribution in [2.75, 3.05) is 5.32 Å². The molecule has 1 aromatic carbocycles. The highest BCUT2D eigenvalue weighted by Gasteiger charge is 2.26. The van der Waals surface area contributed by atoms with E-state index in [-0.39, 0.29) is 16.9 Å². The number of nitrogens with zero attached hydrogens (tertiary/aromatic N) is 6. The monoisotopic (exact) mass is 430 g/mol. The number of anilines is 2. The van der Waals surface area contributed by atoms with Gasteiger partial charge < -0.3 is 15.0 Å². The third-order valence-electron chi connectivity index (χ3n) is 5.19. The van der Waals surface area contributed by atoms with Gasteiger partial charge in [0.25, 0.3) is 0 Å². The summed E-state index contributed by atoms with van der Waals surface area (Å²) in [5.41, 5.74) is 4.48. The molecule has 1 aliphatic rings. The van der Waals surface area contributed by atoms with E-state index in [2.05, 4.69) is 32.4 Å². The van der Waals surface area contributed by atoms with Crippen LogP contribution in [0, 0.1) is 34.0 Å². The van der Waals surface area contributed by atoms with E-state index in [9.17, 15) is 10.5 Å². The van der Waals surface area contributed by atoms with Crippen LogP contribution in [0.3, 0.4) is 0 Å². The van der Waals surface area contributed by atoms with Crippen molar-refractivity contribution in [1.82, 2.24) is 19.9 Å². The van der Waals surface area contributed by atoms with Crippen LogP contribution in [0.4, 0.5) is 11.5 Å². The number of benzene rings is 1. The Morgan fingerprint density at radius 2 is 1.82 bits per heavy atom. The summed E-state index contributed by atoms with van der Waals surface area (Å²) < 4.78 is 5.51. The zero-order valence-electron chi connectivity index (χ0n) is 17.3. The van der Waals surface area contributed by atoms with Crippen LogP contribution < -0.4 is 10.1 Å². The SMILES string of the molecule is CC(C#N)Oc1cc(C#N)c(-c2nc3c([nH]2)-c2ccncc2Nc2ncccc2-3)c(C#N)c1. The average Bonchev–Trinajstić information content (AvgIpc) is 3.23. The third-order valence-corrected chi connectivity index (χ3v) is 5.19. The van der Waals surface area contributed by atoms with Crippen molar-refractivity contribution in [3.8, 4) is 57.9 Å². The van der Waals surface area contributed by atoms with Crippen molar-refractivity contribution in [1.29, 1.82) is 15.8 Å². The largest absolute Gasteiger partial charge is 0.476 e. The number of aromatic nitrogens is 4. The van der Waals surface area contributed by atoms with Crippen molar-refractivity contribution in [2.45, 2.75) is 13.0 Å². The summed E-state index contributed by atoms with van der Waals surface area (Å²) in [7, 11) is 0. The molecular formula is C24H14N8O. The molecule has 1 aliphatic heterocycles. The molecule has 0 aliphatic carbocycles. The Morgan fingerprint density at radius 1 is 1.03 bits per heavy atom. The molecule has 9 nitrogen and oxygen atoms in total. The van der Waals surface area contributed by atoms with Crippen LogP contribution in [0.2, 0.25) is 0 Å². The van der Waals surface area contributed by atoms with E-state index in [4.69, 9.17) is 15.0 Å². The molecule has 0 radical (unpaired) electrons. The summed E-state index contributed by atoms with van der Waals surface area (Å²) in [6.07, 6.45) is 4.34. The Labute approximate surface area is 188 Å².